The average molecular weight is 729 g/mol. The van der Waals surface area contributed by atoms with Crippen LogP contribution in [0.5, 0.6) is 0 Å². The van der Waals surface area contributed by atoms with E-state index in [1.165, 1.54) is 116 Å². The van der Waals surface area contributed by atoms with Crippen LogP contribution < -0.4 is 0 Å². The van der Waals surface area contributed by atoms with E-state index in [0.717, 1.165) is 57.8 Å². The van der Waals surface area contributed by atoms with E-state index in [1.807, 2.05) is 0 Å². The lowest BCUT2D eigenvalue weighted by molar-refractivity contribution is -0.161. The highest BCUT2D eigenvalue weighted by molar-refractivity contribution is 7.46. The molecule has 0 radical (unpaired) electrons. The molecular weight excluding hydrogens is 651 g/mol. The Morgan fingerprint density at radius 3 is 1.28 bits per heavy atom. The van der Waals surface area contributed by atoms with E-state index >= 15 is 0 Å². The molecule has 2 N–H and O–H groups in total. The number of ether oxygens (including phenoxy) is 2. The normalized spacial score (nSPS) is 12.6. The van der Waals surface area contributed by atoms with Crippen molar-refractivity contribution in [2.75, 3.05) is 13.2 Å². The molecular formula is C41H77O8P. The Bertz CT molecular complexity index is 869. The molecule has 0 aromatic heterocycles. The molecule has 50 heavy (non-hydrogen) atoms. The van der Waals surface area contributed by atoms with Gasteiger partial charge >= 0.3 is 19.8 Å². The predicted molar refractivity (Wildman–Crippen MR) is 207 cm³/mol. The lowest BCUT2D eigenvalue weighted by atomic mass is 10.0. The number of carbonyl (C=O) groups is 2. The van der Waals surface area contributed by atoms with Crippen molar-refractivity contribution in [2.24, 2.45) is 0 Å². The number of rotatable bonds is 38. The Labute approximate surface area is 307 Å². The first-order valence-electron chi connectivity index (χ1n) is 20.6. The number of carbonyl (C=O) groups excluding carboxylic acids is 2. The fourth-order valence-corrected chi connectivity index (χ4v) is 6.18. The largest absolute Gasteiger partial charge is 0.469 e. The zero-order chi connectivity index (χ0) is 36.8. The molecule has 0 aliphatic carbocycles. The Balaban J connectivity index is 3.84. The van der Waals surface area contributed by atoms with Gasteiger partial charge in [-0.25, -0.2) is 4.57 Å². The van der Waals surface area contributed by atoms with Crippen molar-refractivity contribution in [2.45, 2.75) is 213 Å². The van der Waals surface area contributed by atoms with Gasteiger partial charge in [-0.05, 0) is 57.8 Å². The summed E-state index contributed by atoms with van der Waals surface area (Å²) in [6, 6.07) is 0. The summed E-state index contributed by atoms with van der Waals surface area (Å²) in [5.41, 5.74) is 0. The number of allylic oxidation sites excluding steroid dienone is 4. The minimum Gasteiger partial charge on any atom is -0.462 e. The molecule has 0 saturated heterocycles. The van der Waals surface area contributed by atoms with Gasteiger partial charge in [-0.3, -0.25) is 14.1 Å². The smallest absolute Gasteiger partial charge is 0.462 e. The maximum atomic E-state index is 12.3. The number of phosphoric acid groups is 1. The summed E-state index contributed by atoms with van der Waals surface area (Å²) in [4.78, 5) is 42.7. The molecule has 0 heterocycles. The third kappa shape index (κ3) is 39.3. The van der Waals surface area contributed by atoms with E-state index in [0.29, 0.717) is 6.42 Å². The van der Waals surface area contributed by atoms with E-state index in [-0.39, 0.29) is 19.4 Å². The molecule has 8 nitrogen and oxygen atoms in total. The molecule has 0 bridgehead atoms. The number of hydrogen-bond acceptors (Lipinski definition) is 6. The molecule has 0 unspecified atom stereocenters. The molecule has 0 aromatic rings. The summed E-state index contributed by atoms with van der Waals surface area (Å²) >= 11 is 0. The highest BCUT2D eigenvalue weighted by Crippen LogP contribution is 2.36. The number of esters is 2. The van der Waals surface area contributed by atoms with Crippen LogP contribution in [0.3, 0.4) is 0 Å². The zero-order valence-electron chi connectivity index (χ0n) is 32.3. The van der Waals surface area contributed by atoms with Gasteiger partial charge in [0.05, 0.1) is 6.61 Å². The molecule has 1 atom stereocenters. The highest BCUT2D eigenvalue weighted by atomic mass is 31.2. The van der Waals surface area contributed by atoms with E-state index in [4.69, 9.17) is 19.3 Å². The van der Waals surface area contributed by atoms with E-state index in [1.54, 1.807) is 0 Å². The van der Waals surface area contributed by atoms with Crippen molar-refractivity contribution in [1.82, 2.24) is 0 Å². The Kier molecular flexibility index (Phi) is 36.2. The van der Waals surface area contributed by atoms with Crippen molar-refractivity contribution in [3.63, 3.8) is 0 Å². The molecule has 9 heteroatoms. The minimum atomic E-state index is -4.75. The molecule has 0 aliphatic heterocycles. The average Bonchev–Trinajstić information content (AvgIpc) is 3.08. The van der Waals surface area contributed by atoms with Gasteiger partial charge in [0.1, 0.15) is 6.61 Å². The van der Waals surface area contributed by atoms with Crippen molar-refractivity contribution in [3.05, 3.63) is 24.3 Å². The molecule has 0 aromatic carbocycles. The van der Waals surface area contributed by atoms with Gasteiger partial charge in [0.2, 0.25) is 0 Å². The highest BCUT2D eigenvalue weighted by Gasteiger charge is 2.22. The van der Waals surface area contributed by atoms with Crippen LogP contribution in [0, 0.1) is 0 Å². The zero-order valence-corrected chi connectivity index (χ0v) is 33.2. The fraction of sp³-hybridized carbons (Fsp3) is 0.854. The fourth-order valence-electron chi connectivity index (χ4n) is 5.82. The van der Waals surface area contributed by atoms with Crippen molar-refractivity contribution >= 4 is 19.8 Å². The van der Waals surface area contributed by atoms with Gasteiger partial charge in [0.25, 0.3) is 0 Å². The van der Waals surface area contributed by atoms with E-state index < -0.39 is 32.5 Å². The van der Waals surface area contributed by atoms with Crippen LogP contribution in [0.4, 0.5) is 0 Å². The summed E-state index contributed by atoms with van der Waals surface area (Å²) in [5.74, 6) is -0.892. The first-order chi connectivity index (χ1) is 24.3. The monoisotopic (exact) mass is 729 g/mol. The third-order valence-electron chi connectivity index (χ3n) is 8.94. The number of unbranched alkanes of at least 4 members (excludes halogenated alkanes) is 24. The topological polar surface area (TPSA) is 119 Å². The van der Waals surface area contributed by atoms with Gasteiger partial charge in [-0.1, -0.05) is 160 Å². The maximum Gasteiger partial charge on any atom is 0.469 e. The Hall–Kier alpha value is -1.47. The van der Waals surface area contributed by atoms with Crippen LogP contribution >= 0.6 is 7.82 Å². The first-order valence-corrected chi connectivity index (χ1v) is 22.2. The Morgan fingerprint density at radius 2 is 0.860 bits per heavy atom. The van der Waals surface area contributed by atoms with Crippen molar-refractivity contribution < 1.29 is 37.9 Å². The molecule has 0 aliphatic rings. The van der Waals surface area contributed by atoms with Gasteiger partial charge in [0, 0.05) is 12.8 Å². The second-order valence-corrected chi connectivity index (χ2v) is 15.2. The van der Waals surface area contributed by atoms with Crippen LogP contribution in [0.2, 0.25) is 0 Å². The molecule has 0 spiro atoms. The van der Waals surface area contributed by atoms with Gasteiger partial charge in [-0.2, -0.15) is 0 Å². The summed E-state index contributed by atoms with van der Waals surface area (Å²) in [5, 5.41) is 0. The van der Waals surface area contributed by atoms with Crippen LogP contribution in [0.15, 0.2) is 24.3 Å². The summed E-state index contributed by atoms with van der Waals surface area (Å²) in [6.07, 6.45) is 41.9. The number of phosphoric ester groups is 1. The Morgan fingerprint density at radius 1 is 0.500 bits per heavy atom. The second-order valence-electron chi connectivity index (χ2n) is 14.0. The van der Waals surface area contributed by atoms with E-state index in [9.17, 15) is 14.2 Å². The summed E-state index contributed by atoms with van der Waals surface area (Å²) in [6.45, 7) is 3.64. The van der Waals surface area contributed by atoms with E-state index in [2.05, 4.69) is 42.7 Å². The van der Waals surface area contributed by atoms with Crippen molar-refractivity contribution in [3.8, 4) is 0 Å². The lowest BCUT2D eigenvalue weighted by Gasteiger charge is -2.18. The van der Waals surface area contributed by atoms with Crippen molar-refractivity contribution in [1.29, 1.82) is 0 Å². The molecule has 0 saturated carbocycles. The second kappa shape index (κ2) is 37.3. The third-order valence-corrected chi connectivity index (χ3v) is 9.43. The van der Waals surface area contributed by atoms with Crippen LogP contribution in [-0.4, -0.2) is 41.0 Å². The van der Waals surface area contributed by atoms with Gasteiger partial charge < -0.3 is 19.3 Å². The lowest BCUT2D eigenvalue weighted by Crippen LogP contribution is -2.29. The maximum absolute atomic E-state index is 12.3. The summed E-state index contributed by atoms with van der Waals surface area (Å²) in [7, 11) is -4.75. The quantitative estimate of drug-likeness (QED) is 0.0279. The standard InChI is InChI=1S/C41H77O8P/c1-3-5-7-9-11-13-15-16-17-18-19-20-21-22-23-24-26-27-29-31-33-35-40(42)47-37-39(38-48-50(44,45)46)49-41(43)36-34-32-30-28-25-14-12-10-8-6-4-2/h10,12,16-17,39H,3-9,11,13-15,18-38H2,1-2H3,(H2,44,45,46)/b12-10+,17-16+/t39-/m1/s1. The van der Waals surface area contributed by atoms with Gasteiger partial charge in [-0.15, -0.1) is 0 Å². The molecule has 0 fully saturated rings. The minimum absolute atomic E-state index is 0.203. The SMILES string of the molecule is CCCC/C=C/CCCCCCCC(=O)O[C@H](COC(=O)CCCCCCCCCCCCC/C=C/CCCCCCCC)COP(=O)(O)O. The van der Waals surface area contributed by atoms with Crippen LogP contribution in [0.25, 0.3) is 0 Å². The van der Waals surface area contributed by atoms with Crippen LogP contribution in [0.1, 0.15) is 206 Å². The number of hydrogen-bond donors (Lipinski definition) is 2. The predicted octanol–water partition coefficient (Wildman–Crippen LogP) is 12.4. The van der Waals surface area contributed by atoms with Gasteiger partial charge in [0.15, 0.2) is 6.10 Å². The molecule has 0 rings (SSSR count). The summed E-state index contributed by atoms with van der Waals surface area (Å²) < 4.78 is 26.3. The molecule has 0 amide bonds. The first kappa shape index (κ1) is 48.5. The molecule has 294 valence electrons. The van der Waals surface area contributed by atoms with Crippen LogP contribution in [-0.2, 0) is 28.2 Å².